The van der Waals surface area contributed by atoms with Crippen LogP contribution in [0.3, 0.4) is 0 Å². The molecule has 19 heavy (non-hydrogen) atoms. The van der Waals surface area contributed by atoms with Gasteiger partial charge in [-0.15, -0.1) is 12.4 Å². The van der Waals surface area contributed by atoms with Gasteiger partial charge in [0.25, 0.3) is 0 Å². The van der Waals surface area contributed by atoms with Crippen molar-refractivity contribution in [2.24, 2.45) is 0 Å². The second-order valence-corrected chi connectivity index (χ2v) is 7.27. The lowest BCUT2D eigenvalue weighted by Gasteiger charge is -2.30. The fourth-order valence-corrected chi connectivity index (χ4v) is 3.87. The summed E-state index contributed by atoms with van der Waals surface area (Å²) in [7, 11) is -1.41. The molecular formula is C12H18BrClN2O2S. The standard InChI is InChI=1S/C12H17BrN2O2S.ClH/c1-14-11-6-8-15(9-7-11)18(16,17)12-4-2-10(13)3-5-12;/h2-5,11,14H,6-9H2,1H3;1H. The van der Waals surface area contributed by atoms with E-state index in [9.17, 15) is 8.42 Å². The van der Waals surface area contributed by atoms with Crippen LogP contribution in [0.4, 0.5) is 0 Å². The fraction of sp³-hybridized carbons (Fsp3) is 0.500. The van der Waals surface area contributed by atoms with E-state index in [1.807, 2.05) is 7.05 Å². The average Bonchev–Trinajstić information content (AvgIpc) is 2.39. The van der Waals surface area contributed by atoms with Gasteiger partial charge in [0.1, 0.15) is 0 Å². The summed E-state index contributed by atoms with van der Waals surface area (Å²) in [5.74, 6) is 0. The second-order valence-electron chi connectivity index (χ2n) is 4.42. The monoisotopic (exact) mass is 368 g/mol. The highest BCUT2D eigenvalue weighted by Crippen LogP contribution is 2.22. The van der Waals surface area contributed by atoms with E-state index in [0.717, 1.165) is 17.3 Å². The maximum absolute atomic E-state index is 12.4. The molecule has 0 aliphatic carbocycles. The maximum atomic E-state index is 12.4. The van der Waals surface area contributed by atoms with Crippen molar-refractivity contribution < 1.29 is 8.42 Å². The zero-order valence-corrected chi connectivity index (χ0v) is 13.9. The molecule has 0 spiro atoms. The van der Waals surface area contributed by atoms with Crippen LogP contribution >= 0.6 is 28.3 Å². The van der Waals surface area contributed by atoms with Crippen LogP contribution in [-0.2, 0) is 10.0 Å². The van der Waals surface area contributed by atoms with Crippen molar-refractivity contribution in [1.29, 1.82) is 0 Å². The van der Waals surface area contributed by atoms with Gasteiger partial charge in [-0.3, -0.25) is 0 Å². The Hall–Kier alpha value is -0.140. The van der Waals surface area contributed by atoms with Crippen LogP contribution in [0.2, 0.25) is 0 Å². The molecule has 1 aliphatic rings. The Bertz CT molecular complexity index is 499. The summed E-state index contributed by atoms with van der Waals surface area (Å²) in [6.07, 6.45) is 1.73. The van der Waals surface area contributed by atoms with Crippen molar-refractivity contribution in [2.75, 3.05) is 20.1 Å². The first-order chi connectivity index (χ1) is 8.54. The minimum Gasteiger partial charge on any atom is -0.317 e. The molecule has 0 unspecified atom stereocenters. The molecule has 0 bridgehead atoms. The highest BCUT2D eigenvalue weighted by molar-refractivity contribution is 9.10. The third kappa shape index (κ3) is 3.92. The first kappa shape index (κ1) is 16.9. The van der Waals surface area contributed by atoms with Crippen molar-refractivity contribution in [3.05, 3.63) is 28.7 Å². The van der Waals surface area contributed by atoms with Crippen LogP contribution in [0.5, 0.6) is 0 Å². The number of nitrogens with one attached hydrogen (secondary N) is 1. The molecule has 1 fully saturated rings. The van der Waals surface area contributed by atoms with Gasteiger partial charge in [-0.25, -0.2) is 8.42 Å². The number of halogens is 2. The Labute approximate surface area is 129 Å². The quantitative estimate of drug-likeness (QED) is 0.889. The molecule has 0 aromatic heterocycles. The lowest BCUT2D eigenvalue weighted by atomic mass is 10.1. The zero-order valence-electron chi connectivity index (χ0n) is 10.7. The lowest BCUT2D eigenvalue weighted by molar-refractivity contribution is 0.298. The van der Waals surface area contributed by atoms with Gasteiger partial charge in [0.05, 0.1) is 4.90 Å². The van der Waals surface area contributed by atoms with E-state index in [1.54, 1.807) is 28.6 Å². The summed E-state index contributed by atoms with van der Waals surface area (Å²) in [5.41, 5.74) is 0. The number of hydrogen-bond acceptors (Lipinski definition) is 3. The van der Waals surface area contributed by atoms with Gasteiger partial charge in [-0.1, -0.05) is 15.9 Å². The SMILES string of the molecule is CNC1CCN(S(=O)(=O)c2ccc(Br)cc2)CC1.Cl. The number of benzene rings is 1. The van der Waals surface area contributed by atoms with Gasteiger partial charge >= 0.3 is 0 Å². The topological polar surface area (TPSA) is 49.4 Å². The number of rotatable bonds is 3. The van der Waals surface area contributed by atoms with Crippen LogP contribution in [-0.4, -0.2) is 38.9 Å². The zero-order chi connectivity index (χ0) is 13.2. The summed E-state index contributed by atoms with van der Waals surface area (Å²) >= 11 is 3.31. The second kappa shape index (κ2) is 7.04. The fourth-order valence-electron chi connectivity index (χ4n) is 2.14. The molecule has 1 saturated heterocycles. The van der Waals surface area contributed by atoms with Crippen LogP contribution in [0.1, 0.15) is 12.8 Å². The summed E-state index contributed by atoms with van der Waals surface area (Å²) in [6.45, 7) is 1.17. The van der Waals surface area contributed by atoms with Crippen molar-refractivity contribution in [3.8, 4) is 0 Å². The summed E-state index contributed by atoms with van der Waals surface area (Å²) in [6, 6.07) is 7.23. The van der Waals surface area contributed by atoms with Crippen molar-refractivity contribution in [2.45, 2.75) is 23.8 Å². The molecule has 0 atom stereocenters. The maximum Gasteiger partial charge on any atom is 0.243 e. The first-order valence-electron chi connectivity index (χ1n) is 5.97. The highest BCUT2D eigenvalue weighted by atomic mass is 79.9. The molecule has 7 heteroatoms. The van der Waals surface area contributed by atoms with Gasteiger partial charge in [-0.2, -0.15) is 4.31 Å². The Morgan fingerprint density at radius 2 is 1.74 bits per heavy atom. The van der Waals surface area contributed by atoms with E-state index in [-0.39, 0.29) is 12.4 Å². The van der Waals surface area contributed by atoms with Gasteiger partial charge in [-0.05, 0) is 44.2 Å². The summed E-state index contributed by atoms with van der Waals surface area (Å²) in [5, 5.41) is 3.20. The molecule has 1 aliphatic heterocycles. The minimum atomic E-state index is -3.33. The molecular weight excluding hydrogens is 352 g/mol. The van der Waals surface area contributed by atoms with Crippen LogP contribution in [0.25, 0.3) is 0 Å². The smallest absolute Gasteiger partial charge is 0.243 e. The third-order valence-corrected chi connectivity index (χ3v) is 5.76. The largest absolute Gasteiger partial charge is 0.317 e. The van der Waals surface area contributed by atoms with E-state index >= 15 is 0 Å². The van der Waals surface area contributed by atoms with E-state index in [1.165, 1.54) is 0 Å². The third-order valence-electron chi connectivity index (χ3n) is 3.31. The van der Waals surface area contributed by atoms with Gasteiger partial charge in [0.15, 0.2) is 0 Å². The molecule has 1 aromatic rings. The first-order valence-corrected chi connectivity index (χ1v) is 8.20. The summed E-state index contributed by atoms with van der Waals surface area (Å²) in [4.78, 5) is 0.369. The molecule has 4 nitrogen and oxygen atoms in total. The number of hydrogen-bond donors (Lipinski definition) is 1. The van der Waals surface area contributed by atoms with Crippen LogP contribution in [0.15, 0.2) is 33.6 Å². The van der Waals surface area contributed by atoms with Gasteiger partial charge < -0.3 is 5.32 Å². The van der Waals surface area contributed by atoms with E-state index in [0.29, 0.717) is 24.0 Å². The van der Waals surface area contributed by atoms with Crippen molar-refractivity contribution in [1.82, 2.24) is 9.62 Å². The molecule has 1 heterocycles. The molecule has 1 N–H and O–H groups in total. The molecule has 108 valence electrons. The van der Waals surface area contributed by atoms with E-state index in [4.69, 9.17) is 0 Å². The van der Waals surface area contributed by atoms with Gasteiger partial charge in [0.2, 0.25) is 10.0 Å². The Kier molecular flexibility index (Phi) is 6.26. The molecule has 0 saturated carbocycles. The lowest BCUT2D eigenvalue weighted by Crippen LogP contribution is -2.43. The van der Waals surface area contributed by atoms with E-state index < -0.39 is 10.0 Å². The number of nitrogens with zero attached hydrogens (tertiary/aromatic N) is 1. The number of sulfonamides is 1. The molecule has 0 radical (unpaired) electrons. The van der Waals surface area contributed by atoms with Crippen molar-refractivity contribution in [3.63, 3.8) is 0 Å². The average molecular weight is 370 g/mol. The van der Waals surface area contributed by atoms with Crippen molar-refractivity contribution >= 4 is 38.4 Å². The van der Waals surface area contributed by atoms with Gasteiger partial charge in [0, 0.05) is 23.6 Å². The van der Waals surface area contributed by atoms with E-state index in [2.05, 4.69) is 21.2 Å². The molecule has 2 rings (SSSR count). The Morgan fingerprint density at radius 3 is 2.21 bits per heavy atom. The Morgan fingerprint density at radius 1 is 1.21 bits per heavy atom. The number of piperidine rings is 1. The van der Waals surface area contributed by atoms with Crippen LogP contribution in [0, 0.1) is 0 Å². The molecule has 1 aromatic carbocycles. The normalized spacial score (nSPS) is 18.0. The predicted molar refractivity (Wildman–Crippen MR) is 82.2 cm³/mol. The van der Waals surface area contributed by atoms with Crippen LogP contribution < -0.4 is 5.32 Å². The summed E-state index contributed by atoms with van der Waals surface area (Å²) < 4.78 is 27.2. The predicted octanol–water partition coefficient (Wildman–Crippen LogP) is 2.24. The minimum absolute atomic E-state index is 0. The highest BCUT2D eigenvalue weighted by Gasteiger charge is 2.28. The Balaban J connectivity index is 0.00000180. The molecule has 0 amide bonds.